The first-order valence-electron chi connectivity index (χ1n) is 2.60. The summed E-state index contributed by atoms with van der Waals surface area (Å²) in [6, 6.07) is 6.58. The number of hydrogen-bond donors (Lipinski definition) is 1. The Morgan fingerprint density at radius 2 is 2.00 bits per heavy atom. The van der Waals surface area contributed by atoms with Gasteiger partial charge in [-0.15, -0.1) is 0 Å². The molecule has 0 radical (unpaired) electrons. The maximum Gasteiger partial charge on any atom is 0.168 e. The van der Waals surface area contributed by atoms with Crippen LogP contribution in [0.1, 0.15) is 0 Å². The van der Waals surface area contributed by atoms with Crippen molar-refractivity contribution in [2.24, 2.45) is 0 Å². The summed E-state index contributed by atoms with van der Waals surface area (Å²) in [6.07, 6.45) is 0. The van der Waals surface area contributed by atoms with E-state index in [1.165, 1.54) is 0 Å². The molecule has 54 valence electrons. The van der Waals surface area contributed by atoms with E-state index in [2.05, 4.69) is 15.9 Å². The Morgan fingerprint density at radius 1 is 1.30 bits per heavy atom. The van der Waals surface area contributed by atoms with E-state index in [4.69, 9.17) is 0 Å². The first-order chi connectivity index (χ1) is 4.70. The average molecular weight is 221 g/mol. The van der Waals surface area contributed by atoms with Gasteiger partial charge in [-0.05, 0) is 18.2 Å². The third-order valence-electron chi connectivity index (χ3n) is 1.02. The molecule has 0 spiro atoms. The smallest absolute Gasteiger partial charge is 0.168 e. The molecule has 0 bridgehead atoms. The van der Waals surface area contributed by atoms with Gasteiger partial charge in [-0.3, -0.25) is 0 Å². The molecule has 0 N–H and O–H groups in total. The lowest BCUT2D eigenvalue weighted by atomic mass is 10.4. The monoisotopic (exact) mass is 220 g/mol. The second-order valence-electron chi connectivity index (χ2n) is 1.74. The van der Waals surface area contributed by atoms with Gasteiger partial charge in [0.05, 0.1) is 4.90 Å². The van der Waals surface area contributed by atoms with Crippen LogP contribution in [0.4, 0.5) is 0 Å². The van der Waals surface area contributed by atoms with E-state index in [1.54, 1.807) is 24.3 Å². The lowest BCUT2D eigenvalue weighted by Gasteiger charge is -1.89. The van der Waals surface area contributed by atoms with Crippen molar-refractivity contribution in [3.8, 4) is 0 Å². The van der Waals surface area contributed by atoms with Crippen LogP contribution in [0.15, 0.2) is 33.6 Å². The second-order valence-corrected chi connectivity index (χ2v) is 3.68. The maximum absolute atomic E-state index is 10.4. The molecule has 0 atom stereocenters. The Morgan fingerprint density at radius 3 is 2.40 bits per heavy atom. The van der Waals surface area contributed by atoms with Gasteiger partial charge in [0.1, 0.15) is 0 Å². The average Bonchev–Trinajstić information content (AvgIpc) is 1.88. The number of hydrogen-bond acceptors (Lipinski definition) is 2. The molecule has 10 heavy (non-hydrogen) atoms. The van der Waals surface area contributed by atoms with Crippen LogP contribution in [0.2, 0.25) is 0 Å². The van der Waals surface area contributed by atoms with Gasteiger partial charge in [0, 0.05) is 4.47 Å². The Hall–Kier alpha value is -0.350. The van der Waals surface area contributed by atoms with Crippen molar-refractivity contribution < 1.29 is 8.42 Å². The molecule has 0 amide bonds. The molecule has 1 aromatic carbocycles. The predicted octanol–water partition coefficient (Wildman–Crippen LogP) is 1.42. The summed E-state index contributed by atoms with van der Waals surface area (Å²) in [5, 5.41) is 0. The summed E-state index contributed by atoms with van der Waals surface area (Å²) in [4.78, 5) is 0.337. The zero-order valence-corrected chi connectivity index (χ0v) is 7.43. The van der Waals surface area contributed by atoms with Crippen molar-refractivity contribution in [3.05, 3.63) is 28.7 Å². The Balaban J connectivity index is 3.19. The molecule has 0 fully saturated rings. The molecular formula is C6H5BrO2S. The van der Waals surface area contributed by atoms with Crippen molar-refractivity contribution in [2.75, 3.05) is 0 Å². The highest BCUT2D eigenvalue weighted by Crippen LogP contribution is 2.11. The zero-order valence-electron chi connectivity index (χ0n) is 4.95. The van der Waals surface area contributed by atoms with E-state index in [0.717, 1.165) is 4.47 Å². The van der Waals surface area contributed by atoms with E-state index in [0.29, 0.717) is 4.90 Å². The highest BCUT2D eigenvalue weighted by molar-refractivity contribution is 9.10. The van der Waals surface area contributed by atoms with Crippen LogP contribution >= 0.6 is 15.9 Å². The molecule has 0 aliphatic carbocycles. The van der Waals surface area contributed by atoms with E-state index in [1.807, 2.05) is 0 Å². The fourth-order valence-corrected chi connectivity index (χ4v) is 1.62. The van der Waals surface area contributed by atoms with Crippen LogP contribution in [-0.4, -0.2) is 8.42 Å². The van der Waals surface area contributed by atoms with Crippen LogP contribution in [-0.2, 0) is 10.7 Å². The summed E-state index contributed by atoms with van der Waals surface area (Å²) >= 11 is 3.16. The lowest BCUT2D eigenvalue weighted by Crippen LogP contribution is -1.77. The summed E-state index contributed by atoms with van der Waals surface area (Å²) in [5.41, 5.74) is 0. The lowest BCUT2D eigenvalue weighted by molar-refractivity contribution is 0.614. The highest BCUT2D eigenvalue weighted by Gasteiger charge is 1.92. The minimum Gasteiger partial charge on any atom is -0.227 e. The van der Waals surface area contributed by atoms with E-state index in [-0.39, 0.29) is 0 Å². The zero-order chi connectivity index (χ0) is 7.56. The third-order valence-corrected chi connectivity index (χ3v) is 2.21. The summed E-state index contributed by atoms with van der Waals surface area (Å²) in [6.45, 7) is 0. The molecule has 0 aliphatic heterocycles. The molecule has 0 unspecified atom stereocenters. The van der Waals surface area contributed by atoms with Crippen molar-refractivity contribution in [1.29, 1.82) is 0 Å². The van der Waals surface area contributed by atoms with Gasteiger partial charge in [-0.25, -0.2) is 8.42 Å². The second kappa shape index (κ2) is 3.16. The number of rotatable bonds is 1. The predicted molar refractivity (Wildman–Crippen MR) is 42.7 cm³/mol. The van der Waals surface area contributed by atoms with E-state index >= 15 is 0 Å². The van der Waals surface area contributed by atoms with Crippen molar-refractivity contribution in [2.45, 2.75) is 4.90 Å². The normalized spacial score (nSPS) is 10.2. The van der Waals surface area contributed by atoms with Crippen molar-refractivity contribution in [3.63, 3.8) is 0 Å². The molecule has 2 nitrogen and oxygen atoms in total. The minimum atomic E-state index is -2.44. The van der Waals surface area contributed by atoms with Crippen molar-refractivity contribution >= 4 is 26.6 Å². The van der Waals surface area contributed by atoms with Crippen LogP contribution in [0.3, 0.4) is 0 Å². The van der Waals surface area contributed by atoms with Crippen LogP contribution in [0.25, 0.3) is 0 Å². The van der Waals surface area contributed by atoms with Gasteiger partial charge in [-0.2, -0.15) is 0 Å². The van der Waals surface area contributed by atoms with Crippen LogP contribution < -0.4 is 0 Å². The molecule has 0 saturated heterocycles. The van der Waals surface area contributed by atoms with Gasteiger partial charge < -0.3 is 0 Å². The SMILES string of the molecule is O=[SH](=O)c1cccc(Br)c1. The van der Waals surface area contributed by atoms with Crippen molar-refractivity contribution in [1.82, 2.24) is 0 Å². The molecule has 0 aromatic heterocycles. The first kappa shape index (κ1) is 7.75. The Bertz CT molecular complexity index is 298. The van der Waals surface area contributed by atoms with Gasteiger partial charge in [0.2, 0.25) is 0 Å². The van der Waals surface area contributed by atoms with E-state index < -0.39 is 10.7 Å². The molecule has 1 rings (SSSR count). The fourth-order valence-electron chi connectivity index (χ4n) is 0.590. The van der Waals surface area contributed by atoms with Crippen LogP contribution in [0.5, 0.6) is 0 Å². The quantitative estimate of drug-likeness (QED) is 0.727. The van der Waals surface area contributed by atoms with Gasteiger partial charge in [-0.1, -0.05) is 22.0 Å². The largest absolute Gasteiger partial charge is 0.227 e. The summed E-state index contributed by atoms with van der Waals surface area (Å²) in [5.74, 6) is 0. The summed E-state index contributed by atoms with van der Waals surface area (Å²) < 4.78 is 21.5. The Kier molecular flexibility index (Phi) is 2.45. The Labute approximate surface area is 69.0 Å². The molecule has 0 heterocycles. The minimum absolute atomic E-state index is 0.337. The number of benzene rings is 1. The first-order valence-corrected chi connectivity index (χ1v) is 4.57. The topological polar surface area (TPSA) is 34.1 Å². The molecule has 0 aliphatic rings. The van der Waals surface area contributed by atoms with Gasteiger partial charge in [0.25, 0.3) is 0 Å². The standard InChI is InChI=1S/C6H5BrO2S/c7-5-2-1-3-6(4-5)10(8)9/h1-4,10H. The van der Waals surface area contributed by atoms with Gasteiger partial charge >= 0.3 is 0 Å². The van der Waals surface area contributed by atoms with Crippen LogP contribution in [0, 0.1) is 0 Å². The third kappa shape index (κ3) is 1.82. The highest BCUT2D eigenvalue weighted by atomic mass is 79.9. The maximum atomic E-state index is 10.4. The number of halogens is 1. The van der Waals surface area contributed by atoms with Gasteiger partial charge in [0.15, 0.2) is 10.7 Å². The fraction of sp³-hybridized carbons (Fsp3) is 0. The molecule has 0 saturated carbocycles. The summed E-state index contributed by atoms with van der Waals surface area (Å²) in [7, 11) is -2.44. The molecule has 4 heteroatoms. The van der Waals surface area contributed by atoms with E-state index in [9.17, 15) is 8.42 Å². The molecule has 1 aromatic rings. The molecular weight excluding hydrogens is 216 g/mol. The number of thiol groups is 1.